The van der Waals surface area contributed by atoms with Gasteiger partial charge in [0.05, 0.1) is 0 Å². The molecule has 0 bridgehead atoms. The number of guanidine groups is 1. The molecule has 2 N–H and O–H groups in total. The molecule has 0 saturated carbocycles. The van der Waals surface area contributed by atoms with E-state index >= 15 is 0 Å². The van der Waals surface area contributed by atoms with Gasteiger partial charge in [-0.2, -0.15) is 0 Å². The van der Waals surface area contributed by atoms with Gasteiger partial charge in [0.15, 0.2) is 5.96 Å². The lowest BCUT2D eigenvalue weighted by molar-refractivity contribution is 0.145. The molecule has 1 heterocycles. The number of nitrogens with one attached hydrogen (secondary N) is 2. The molecule has 1 aliphatic heterocycles. The van der Waals surface area contributed by atoms with Crippen molar-refractivity contribution in [2.45, 2.75) is 40.0 Å². The summed E-state index contributed by atoms with van der Waals surface area (Å²) in [5.41, 5.74) is 0. The van der Waals surface area contributed by atoms with Crippen molar-refractivity contribution in [3.63, 3.8) is 0 Å². The summed E-state index contributed by atoms with van der Waals surface area (Å²) >= 11 is 0. The van der Waals surface area contributed by atoms with Crippen molar-refractivity contribution in [1.29, 1.82) is 0 Å². The molecule has 124 valence electrons. The lowest BCUT2D eigenvalue weighted by atomic mass is 9.98. The van der Waals surface area contributed by atoms with E-state index in [9.17, 15) is 0 Å². The van der Waals surface area contributed by atoms with Crippen LogP contribution < -0.4 is 10.6 Å². The van der Waals surface area contributed by atoms with Crippen LogP contribution in [-0.4, -0.2) is 63.3 Å². The standard InChI is InChI=1S/C16H34N4O/c1-4-17-16(18-10-8-12-21-6-3)19-13-15-9-7-11-20(5-2)14-15/h15H,4-14H2,1-3H3,(H2,17,18,19). The van der Waals surface area contributed by atoms with E-state index in [0.717, 1.165) is 51.8 Å². The summed E-state index contributed by atoms with van der Waals surface area (Å²) in [5, 5.41) is 6.71. The van der Waals surface area contributed by atoms with E-state index in [4.69, 9.17) is 9.73 Å². The topological polar surface area (TPSA) is 48.9 Å². The number of hydrogen-bond donors (Lipinski definition) is 2. The monoisotopic (exact) mass is 298 g/mol. The molecular formula is C16H34N4O. The molecule has 0 radical (unpaired) electrons. The molecule has 0 aromatic rings. The van der Waals surface area contributed by atoms with Crippen LogP contribution in [0, 0.1) is 5.92 Å². The van der Waals surface area contributed by atoms with Gasteiger partial charge in [0.1, 0.15) is 0 Å². The van der Waals surface area contributed by atoms with E-state index in [1.807, 2.05) is 6.92 Å². The van der Waals surface area contributed by atoms with Crippen molar-refractivity contribution in [2.24, 2.45) is 10.9 Å². The van der Waals surface area contributed by atoms with Gasteiger partial charge in [0.25, 0.3) is 0 Å². The molecule has 1 unspecified atom stereocenters. The highest BCUT2D eigenvalue weighted by atomic mass is 16.5. The number of likely N-dealkylation sites (tertiary alicyclic amines) is 1. The molecule has 0 aromatic carbocycles. The van der Waals surface area contributed by atoms with Crippen molar-refractivity contribution in [2.75, 3.05) is 52.5 Å². The molecule has 5 nitrogen and oxygen atoms in total. The third-order valence-electron chi connectivity index (χ3n) is 3.86. The lowest BCUT2D eigenvalue weighted by Crippen LogP contribution is -2.40. The van der Waals surface area contributed by atoms with Crippen LogP contribution in [0.3, 0.4) is 0 Å². The zero-order valence-electron chi connectivity index (χ0n) is 14.2. The average molecular weight is 298 g/mol. The summed E-state index contributed by atoms with van der Waals surface area (Å²) in [5.74, 6) is 1.65. The molecule has 0 spiro atoms. The summed E-state index contributed by atoms with van der Waals surface area (Å²) in [6.45, 7) is 14.4. The predicted molar refractivity (Wildman–Crippen MR) is 89.9 cm³/mol. The smallest absolute Gasteiger partial charge is 0.191 e. The van der Waals surface area contributed by atoms with Gasteiger partial charge in [-0.3, -0.25) is 4.99 Å². The van der Waals surface area contributed by atoms with E-state index < -0.39 is 0 Å². The van der Waals surface area contributed by atoms with Crippen molar-refractivity contribution in [3.05, 3.63) is 0 Å². The van der Waals surface area contributed by atoms with Crippen LogP contribution in [0.25, 0.3) is 0 Å². The quantitative estimate of drug-likeness (QED) is 0.386. The zero-order chi connectivity index (χ0) is 15.3. The molecule has 1 atom stereocenters. The van der Waals surface area contributed by atoms with Crippen LogP contribution in [0.1, 0.15) is 40.0 Å². The van der Waals surface area contributed by atoms with Crippen molar-refractivity contribution >= 4 is 5.96 Å². The van der Waals surface area contributed by atoms with Gasteiger partial charge in [-0.25, -0.2) is 0 Å². The second kappa shape index (κ2) is 11.8. The Kier molecular flexibility index (Phi) is 10.3. The number of nitrogens with zero attached hydrogens (tertiary/aromatic N) is 2. The molecular weight excluding hydrogens is 264 g/mol. The summed E-state index contributed by atoms with van der Waals surface area (Å²) in [7, 11) is 0. The molecule has 0 aliphatic carbocycles. The first-order valence-electron chi connectivity index (χ1n) is 8.62. The first-order valence-corrected chi connectivity index (χ1v) is 8.62. The largest absolute Gasteiger partial charge is 0.382 e. The highest BCUT2D eigenvalue weighted by Crippen LogP contribution is 2.16. The third kappa shape index (κ3) is 8.27. The average Bonchev–Trinajstić information content (AvgIpc) is 2.52. The van der Waals surface area contributed by atoms with Gasteiger partial charge < -0.3 is 20.3 Å². The fourth-order valence-electron chi connectivity index (χ4n) is 2.68. The summed E-state index contributed by atoms with van der Waals surface area (Å²) < 4.78 is 5.35. The van der Waals surface area contributed by atoms with Crippen LogP contribution >= 0.6 is 0 Å². The SMILES string of the molecule is CCNC(=NCC1CCCN(CC)C1)NCCCOCC. The van der Waals surface area contributed by atoms with E-state index in [-0.39, 0.29) is 0 Å². The Morgan fingerprint density at radius 1 is 1.29 bits per heavy atom. The van der Waals surface area contributed by atoms with Crippen LogP contribution in [0.5, 0.6) is 0 Å². The molecule has 0 amide bonds. The van der Waals surface area contributed by atoms with Crippen LogP contribution in [0.2, 0.25) is 0 Å². The van der Waals surface area contributed by atoms with Gasteiger partial charge in [-0.05, 0) is 52.1 Å². The fourth-order valence-corrected chi connectivity index (χ4v) is 2.68. The van der Waals surface area contributed by atoms with Crippen LogP contribution in [0.15, 0.2) is 4.99 Å². The maximum atomic E-state index is 5.35. The molecule has 1 saturated heterocycles. The Balaban J connectivity index is 2.29. The minimum absolute atomic E-state index is 0.706. The first-order chi connectivity index (χ1) is 10.3. The minimum Gasteiger partial charge on any atom is -0.382 e. The first kappa shape index (κ1) is 18.2. The fraction of sp³-hybridized carbons (Fsp3) is 0.938. The molecule has 5 heteroatoms. The van der Waals surface area contributed by atoms with Crippen LogP contribution in [-0.2, 0) is 4.74 Å². The Morgan fingerprint density at radius 2 is 2.14 bits per heavy atom. The highest BCUT2D eigenvalue weighted by molar-refractivity contribution is 5.79. The van der Waals surface area contributed by atoms with Gasteiger partial charge in [0.2, 0.25) is 0 Å². The second-order valence-corrected chi connectivity index (χ2v) is 5.60. The Bertz CT molecular complexity index is 283. The molecule has 0 aromatic heterocycles. The zero-order valence-corrected chi connectivity index (χ0v) is 14.2. The Hall–Kier alpha value is -0.810. The minimum atomic E-state index is 0.706. The molecule has 1 fully saturated rings. The predicted octanol–water partition coefficient (Wildman–Crippen LogP) is 1.70. The van der Waals surface area contributed by atoms with Crippen molar-refractivity contribution in [3.8, 4) is 0 Å². The number of ether oxygens (including phenoxy) is 1. The van der Waals surface area contributed by atoms with Gasteiger partial charge >= 0.3 is 0 Å². The summed E-state index contributed by atoms with van der Waals surface area (Å²) in [6, 6.07) is 0. The number of rotatable bonds is 9. The van der Waals surface area contributed by atoms with Crippen molar-refractivity contribution in [1.82, 2.24) is 15.5 Å². The number of piperidine rings is 1. The normalized spacial score (nSPS) is 20.5. The maximum absolute atomic E-state index is 5.35. The van der Waals surface area contributed by atoms with E-state index in [0.29, 0.717) is 5.92 Å². The van der Waals surface area contributed by atoms with Crippen LogP contribution in [0.4, 0.5) is 0 Å². The van der Waals surface area contributed by atoms with E-state index in [1.165, 1.54) is 25.9 Å². The Morgan fingerprint density at radius 3 is 2.86 bits per heavy atom. The Labute approximate surface area is 130 Å². The summed E-state index contributed by atoms with van der Waals surface area (Å²) in [4.78, 5) is 7.28. The van der Waals surface area contributed by atoms with Gasteiger partial charge in [0, 0.05) is 39.4 Å². The third-order valence-corrected chi connectivity index (χ3v) is 3.86. The van der Waals surface area contributed by atoms with E-state index in [1.54, 1.807) is 0 Å². The van der Waals surface area contributed by atoms with Gasteiger partial charge in [-0.1, -0.05) is 6.92 Å². The summed E-state index contributed by atoms with van der Waals surface area (Å²) in [6.07, 6.45) is 3.64. The van der Waals surface area contributed by atoms with E-state index in [2.05, 4.69) is 29.4 Å². The second-order valence-electron chi connectivity index (χ2n) is 5.60. The molecule has 21 heavy (non-hydrogen) atoms. The van der Waals surface area contributed by atoms with Crippen molar-refractivity contribution < 1.29 is 4.74 Å². The molecule has 1 rings (SSSR count). The highest BCUT2D eigenvalue weighted by Gasteiger charge is 2.18. The maximum Gasteiger partial charge on any atom is 0.191 e. The number of aliphatic imine (C=N–C) groups is 1. The van der Waals surface area contributed by atoms with Gasteiger partial charge in [-0.15, -0.1) is 0 Å². The number of hydrogen-bond acceptors (Lipinski definition) is 3. The molecule has 1 aliphatic rings. The lowest BCUT2D eigenvalue weighted by Gasteiger charge is -2.31.